The van der Waals surface area contributed by atoms with Gasteiger partial charge in [-0.1, -0.05) is 62.3 Å². The summed E-state index contributed by atoms with van der Waals surface area (Å²) in [7, 11) is 0. The lowest BCUT2D eigenvalue weighted by Gasteiger charge is -2.31. The summed E-state index contributed by atoms with van der Waals surface area (Å²) in [6, 6.07) is 0. The third-order valence-corrected chi connectivity index (χ3v) is 4.12. The lowest BCUT2D eigenvalue weighted by molar-refractivity contribution is -0.130. The Balaban J connectivity index is 4.80. The van der Waals surface area contributed by atoms with Crippen LogP contribution in [0.3, 0.4) is 0 Å². The molecule has 0 N–H and O–H groups in total. The van der Waals surface area contributed by atoms with E-state index in [-0.39, 0.29) is 21.5 Å². The van der Waals surface area contributed by atoms with E-state index >= 15 is 0 Å². The predicted molar refractivity (Wildman–Crippen MR) is 84.2 cm³/mol. The number of ketones is 1. The number of rotatable bonds is 4. The quantitative estimate of drug-likeness (QED) is 0.701. The lowest BCUT2D eigenvalue weighted by Crippen LogP contribution is -2.33. The molecule has 0 rings (SSSR count). The molecule has 0 aromatic heterocycles. The number of hydrogen-bond acceptors (Lipinski definition) is 2. The molecule has 0 aromatic rings. The van der Waals surface area contributed by atoms with Crippen LogP contribution in [0.2, 0.25) is 0 Å². The average molecular weight is 272 g/mol. The summed E-state index contributed by atoms with van der Waals surface area (Å²) in [5, 5.41) is 0. The Kier molecular flexibility index (Phi) is 5.99. The van der Waals surface area contributed by atoms with Gasteiger partial charge in [0.05, 0.1) is 0 Å². The Morgan fingerprint density at radius 3 is 1.67 bits per heavy atom. The van der Waals surface area contributed by atoms with Crippen LogP contribution in [0.1, 0.15) is 68.7 Å². The summed E-state index contributed by atoms with van der Waals surface area (Å²) in [5.41, 5.74) is -0.0155. The Morgan fingerprint density at radius 1 is 0.944 bits per heavy atom. The molecule has 18 heavy (non-hydrogen) atoms. The van der Waals surface area contributed by atoms with E-state index in [1.165, 1.54) is 0 Å². The van der Waals surface area contributed by atoms with Crippen molar-refractivity contribution in [3.8, 4) is 0 Å². The second-order valence-corrected chi connectivity index (χ2v) is 10.3. The Labute approximate surface area is 118 Å². The SMILES string of the molecule is CC(C)(C)C[C@@H](CSC(C)(C)C)C(=O)C(C)(C)C. The maximum Gasteiger partial charge on any atom is 0.142 e. The minimum absolute atomic E-state index is 0.175. The van der Waals surface area contributed by atoms with E-state index in [2.05, 4.69) is 41.5 Å². The number of carbonyl (C=O) groups is 1. The van der Waals surface area contributed by atoms with Crippen molar-refractivity contribution in [2.75, 3.05) is 5.75 Å². The highest BCUT2D eigenvalue weighted by molar-refractivity contribution is 8.00. The van der Waals surface area contributed by atoms with E-state index in [1.54, 1.807) is 0 Å². The normalized spacial score (nSPS) is 15.6. The minimum Gasteiger partial charge on any atom is -0.299 e. The van der Waals surface area contributed by atoms with Crippen LogP contribution in [0.4, 0.5) is 0 Å². The predicted octanol–water partition coefficient (Wildman–Crippen LogP) is 5.19. The molecule has 0 radical (unpaired) electrons. The van der Waals surface area contributed by atoms with Crippen LogP contribution in [-0.2, 0) is 4.79 Å². The van der Waals surface area contributed by atoms with Gasteiger partial charge < -0.3 is 0 Å². The lowest BCUT2D eigenvalue weighted by atomic mass is 9.76. The van der Waals surface area contributed by atoms with Gasteiger partial charge in [-0.25, -0.2) is 0 Å². The fraction of sp³-hybridized carbons (Fsp3) is 0.938. The molecule has 0 heterocycles. The standard InChI is InChI=1S/C16H32OS/c1-14(2,3)10-12(11-18-16(7,8)9)13(17)15(4,5)6/h12H,10-11H2,1-9H3/t12-/m0/s1. The third kappa shape index (κ3) is 8.18. The van der Waals surface area contributed by atoms with Crippen LogP contribution in [0, 0.1) is 16.7 Å². The first-order valence-electron chi connectivity index (χ1n) is 6.91. The molecule has 0 aromatic carbocycles. The van der Waals surface area contributed by atoms with Crippen LogP contribution >= 0.6 is 11.8 Å². The number of thioether (sulfide) groups is 1. The van der Waals surface area contributed by atoms with Gasteiger partial charge in [-0.3, -0.25) is 4.79 Å². The summed E-state index contributed by atoms with van der Waals surface area (Å²) in [5.74, 6) is 1.53. The van der Waals surface area contributed by atoms with Crippen LogP contribution in [-0.4, -0.2) is 16.3 Å². The zero-order chi connectivity index (χ0) is 14.8. The van der Waals surface area contributed by atoms with Crippen LogP contribution < -0.4 is 0 Å². The van der Waals surface area contributed by atoms with E-state index in [0.29, 0.717) is 5.78 Å². The maximum atomic E-state index is 12.5. The van der Waals surface area contributed by atoms with Crippen molar-refractivity contribution in [3.63, 3.8) is 0 Å². The molecule has 0 amide bonds. The average Bonchev–Trinajstić information content (AvgIpc) is 2.06. The fourth-order valence-corrected chi connectivity index (χ4v) is 2.90. The summed E-state index contributed by atoms with van der Waals surface area (Å²) in [4.78, 5) is 12.5. The van der Waals surface area contributed by atoms with Gasteiger partial charge in [-0.2, -0.15) is 11.8 Å². The van der Waals surface area contributed by atoms with Gasteiger partial charge in [0.2, 0.25) is 0 Å². The van der Waals surface area contributed by atoms with Crippen molar-refractivity contribution < 1.29 is 4.79 Å². The molecule has 0 aliphatic heterocycles. The van der Waals surface area contributed by atoms with Gasteiger partial charge in [-0.05, 0) is 11.8 Å². The van der Waals surface area contributed by atoms with E-state index in [9.17, 15) is 4.79 Å². The van der Waals surface area contributed by atoms with E-state index in [0.717, 1.165) is 12.2 Å². The topological polar surface area (TPSA) is 17.1 Å². The number of Topliss-reactive ketones (excluding diaryl/α,β-unsaturated/α-hetero) is 1. The molecule has 1 atom stereocenters. The van der Waals surface area contributed by atoms with E-state index in [4.69, 9.17) is 0 Å². The Morgan fingerprint density at radius 2 is 1.39 bits per heavy atom. The molecule has 0 aliphatic rings. The largest absolute Gasteiger partial charge is 0.299 e. The zero-order valence-electron chi connectivity index (χ0n) is 13.8. The maximum absolute atomic E-state index is 12.5. The molecule has 0 saturated heterocycles. The van der Waals surface area contributed by atoms with Crippen molar-refractivity contribution >= 4 is 17.5 Å². The summed E-state index contributed by atoms with van der Waals surface area (Å²) >= 11 is 1.91. The van der Waals surface area contributed by atoms with Crippen molar-refractivity contribution in [3.05, 3.63) is 0 Å². The molecule has 108 valence electrons. The van der Waals surface area contributed by atoms with Gasteiger partial charge in [0.25, 0.3) is 0 Å². The molecule has 0 saturated carbocycles. The second-order valence-electron chi connectivity index (χ2n) is 8.50. The van der Waals surface area contributed by atoms with Crippen LogP contribution in [0.5, 0.6) is 0 Å². The summed E-state index contributed by atoms with van der Waals surface area (Å²) < 4.78 is 0.230. The van der Waals surface area contributed by atoms with Gasteiger partial charge in [0, 0.05) is 21.8 Å². The Hall–Kier alpha value is 0.0200. The monoisotopic (exact) mass is 272 g/mol. The highest BCUT2D eigenvalue weighted by atomic mass is 32.2. The number of carbonyl (C=O) groups excluding carboxylic acids is 1. The number of hydrogen-bond donors (Lipinski definition) is 0. The zero-order valence-corrected chi connectivity index (χ0v) is 14.6. The molecule has 0 unspecified atom stereocenters. The van der Waals surface area contributed by atoms with Crippen LogP contribution in [0.15, 0.2) is 0 Å². The molecular weight excluding hydrogens is 240 g/mol. The first kappa shape index (κ1) is 18.0. The highest BCUT2D eigenvalue weighted by Crippen LogP contribution is 2.35. The first-order chi connectivity index (χ1) is 7.72. The molecular formula is C16H32OS. The third-order valence-electron chi connectivity index (χ3n) is 2.69. The molecule has 0 spiro atoms. The van der Waals surface area contributed by atoms with Crippen LogP contribution in [0.25, 0.3) is 0 Å². The molecule has 0 bridgehead atoms. The van der Waals surface area contributed by atoms with Crippen molar-refractivity contribution in [2.24, 2.45) is 16.7 Å². The first-order valence-corrected chi connectivity index (χ1v) is 7.89. The highest BCUT2D eigenvalue weighted by Gasteiger charge is 2.33. The van der Waals surface area contributed by atoms with Gasteiger partial charge in [0.15, 0.2) is 0 Å². The molecule has 1 nitrogen and oxygen atoms in total. The Bertz CT molecular complexity index is 273. The minimum atomic E-state index is -0.228. The van der Waals surface area contributed by atoms with Gasteiger partial charge in [0.1, 0.15) is 5.78 Å². The van der Waals surface area contributed by atoms with Gasteiger partial charge >= 0.3 is 0 Å². The summed E-state index contributed by atoms with van der Waals surface area (Å²) in [6.45, 7) is 19.4. The van der Waals surface area contributed by atoms with E-state index < -0.39 is 0 Å². The molecule has 0 aliphatic carbocycles. The fourth-order valence-electron chi connectivity index (χ4n) is 1.93. The van der Waals surface area contributed by atoms with Crippen molar-refractivity contribution in [2.45, 2.75) is 73.5 Å². The van der Waals surface area contributed by atoms with Gasteiger partial charge in [-0.15, -0.1) is 0 Å². The smallest absolute Gasteiger partial charge is 0.142 e. The molecule has 0 fully saturated rings. The second kappa shape index (κ2) is 5.98. The van der Waals surface area contributed by atoms with Crippen molar-refractivity contribution in [1.29, 1.82) is 0 Å². The van der Waals surface area contributed by atoms with Crippen molar-refractivity contribution in [1.82, 2.24) is 0 Å². The van der Waals surface area contributed by atoms with E-state index in [1.807, 2.05) is 32.5 Å². The molecule has 2 heteroatoms. The summed E-state index contributed by atoms with van der Waals surface area (Å²) in [6.07, 6.45) is 0.978.